The summed E-state index contributed by atoms with van der Waals surface area (Å²) >= 11 is 0. The van der Waals surface area contributed by atoms with E-state index >= 15 is 0 Å². The number of hydrogen-bond donors (Lipinski definition) is 0. The van der Waals surface area contributed by atoms with Crippen LogP contribution in [0.15, 0.2) is 48.8 Å². The van der Waals surface area contributed by atoms with Crippen molar-refractivity contribution in [2.24, 2.45) is 0 Å². The summed E-state index contributed by atoms with van der Waals surface area (Å²) in [5.74, 6) is 2.26. The van der Waals surface area contributed by atoms with Gasteiger partial charge in [-0.15, -0.1) is 10.2 Å². The van der Waals surface area contributed by atoms with Gasteiger partial charge in [-0.05, 0) is 62.1 Å². The second-order valence-corrected chi connectivity index (χ2v) is 10.1. The molecule has 0 saturated carbocycles. The number of hydrogen-bond acceptors (Lipinski definition) is 12. The fourth-order valence-corrected chi connectivity index (χ4v) is 4.39. The van der Waals surface area contributed by atoms with Crippen LogP contribution >= 0.6 is 0 Å². The van der Waals surface area contributed by atoms with Gasteiger partial charge in [0.05, 0.1) is 78.3 Å². The normalized spacial score (nSPS) is 10.9. The molecule has 0 bridgehead atoms. The highest BCUT2D eigenvalue weighted by atomic mass is 16.5. The van der Waals surface area contributed by atoms with Crippen molar-refractivity contribution in [1.29, 1.82) is 0 Å². The number of methoxy groups -OCH3 is 2. The number of aromatic nitrogens is 6. The van der Waals surface area contributed by atoms with E-state index in [1.54, 1.807) is 60.0 Å². The summed E-state index contributed by atoms with van der Waals surface area (Å²) in [6, 6.07) is 10.1. The molecule has 0 spiro atoms. The van der Waals surface area contributed by atoms with Crippen molar-refractivity contribution in [2.45, 2.75) is 38.8 Å². The average molecular weight is 637 g/mol. The van der Waals surface area contributed by atoms with Crippen molar-refractivity contribution in [3.05, 3.63) is 71.3 Å². The molecule has 0 saturated heterocycles. The Morgan fingerprint density at radius 1 is 0.609 bits per heavy atom. The molecule has 0 aliphatic heterocycles. The van der Waals surface area contributed by atoms with Crippen molar-refractivity contribution in [1.82, 2.24) is 30.0 Å². The first-order chi connectivity index (χ1) is 22.6. The Labute approximate surface area is 267 Å². The third kappa shape index (κ3) is 11.0. The van der Waals surface area contributed by atoms with Gasteiger partial charge in [-0.2, -0.15) is 0 Å². The molecule has 0 atom stereocenters. The highest BCUT2D eigenvalue weighted by Gasteiger charge is 2.08. The van der Waals surface area contributed by atoms with Gasteiger partial charge < -0.3 is 28.4 Å². The highest BCUT2D eigenvalue weighted by molar-refractivity contribution is 5.76. The van der Waals surface area contributed by atoms with E-state index in [2.05, 4.69) is 20.6 Å². The maximum atomic E-state index is 10.9. The fraction of sp³-hybridized carbons (Fsp3) is 0.438. The minimum Gasteiger partial charge on any atom is -0.493 e. The molecule has 14 nitrogen and oxygen atoms in total. The number of aldehydes is 2. The van der Waals surface area contributed by atoms with Crippen LogP contribution in [-0.4, -0.2) is 96.4 Å². The van der Waals surface area contributed by atoms with Gasteiger partial charge in [-0.25, -0.2) is 9.36 Å². The molecule has 14 heteroatoms. The summed E-state index contributed by atoms with van der Waals surface area (Å²) in [6.45, 7) is 4.10. The summed E-state index contributed by atoms with van der Waals surface area (Å²) in [5, 5.41) is 16.7. The van der Waals surface area contributed by atoms with E-state index in [0.29, 0.717) is 86.9 Å². The zero-order chi connectivity index (χ0) is 32.4. The molecule has 2 aromatic carbocycles. The van der Waals surface area contributed by atoms with Crippen LogP contribution in [0.5, 0.6) is 23.0 Å². The van der Waals surface area contributed by atoms with Crippen LogP contribution < -0.4 is 18.9 Å². The molecule has 0 unspecified atom stereocenters. The van der Waals surface area contributed by atoms with E-state index in [1.807, 2.05) is 12.4 Å². The molecule has 246 valence electrons. The first-order valence-electron chi connectivity index (χ1n) is 15.1. The lowest BCUT2D eigenvalue weighted by Crippen LogP contribution is -2.13. The van der Waals surface area contributed by atoms with Crippen LogP contribution in [0.4, 0.5) is 0 Å². The number of aryl methyl sites for hydroxylation is 2. The maximum absolute atomic E-state index is 10.9. The van der Waals surface area contributed by atoms with Gasteiger partial charge in [-0.3, -0.25) is 9.59 Å². The lowest BCUT2D eigenvalue weighted by atomic mass is 10.2. The predicted molar refractivity (Wildman–Crippen MR) is 166 cm³/mol. The molecule has 4 rings (SSSR count). The zero-order valence-corrected chi connectivity index (χ0v) is 26.2. The van der Waals surface area contributed by atoms with E-state index in [1.165, 1.54) is 0 Å². The van der Waals surface area contributed by atoms with Crippen LogP contribution in [-0.2, 0) is 35.4 Å². The first kappa shape index (κ1) is 34.1. The standard InChI is InChI=1S/C32H40N6O8/c1-41-31-19-25(23-39)7-9-29(31)45-13-3-5-27-21-37(35-33-27)11-15-43-17-18-44-16-12-38-22-28(34-36-38)6-4-14-46-30-10-8-26(24-40)20-32(30)42-2/h7-10,19-24H,3-6,11-18H2,1-2H3. The average Bonchev–Trinajstić information content (AvgIpc) is 3.75. The topological polar surface area (TPSA) is 151 Å². The minimum absolute atomic E-state index is 0.474. The molecule has 0 fully saturated rings. The molecule has 0 radical (unpaired) electrons. The van der Waals surface area contributed by atoms with Gasteiger partial charge in [0.25, 0.3) is 0 Å². The Hall–Kier alpha value is -4.82. The van der Waals surface area contributed by atoms with Gasteiger partial charge in [0.1, 0.15) is 12.6 Å². The number of carbonyl (C=O) groups excluding carboxylic acids is 2. The van der Waals surface area contributed by atoms with Gasteiger partial charge in [-0.1, -0.05) is 10.4 Å². The smallest absolute Gasteiger partial charge is 0.161 e. The summed E-state index contributed by atoms with van der Waals surface area (Å²) < 4.78 is 37.0. The lowest BCUT2D eigenvalue weighted by molar-refractivity contribution is 0.0402. The minimum atomic E-state index is 0.474. The third-order valence-electron chi connectivity index (χ3n) is 6.79. The molecule has 0 aliphatic carbocycles. The summed E-state index contributed by atoms with van der Waals surface area (Å²) in [4.78, 5) is 21.9. The number of carbonyl (C=O) groups is 2. The van der Waals surface area contributed by atoms with E-state index in [-0.39, 0.29) is 0 Å². The molecule has 0 N–H and O–H groups in total. The second kappa shape index (κ2) is 18.9. The predicted octanol–water partition coefficient (Wildman–Crippen LogP) is 3.27. The Morgan fingerprint density at radius 2 is 1.07 bits per heavy atom. The summed E-state index contributed by atoms with van der Waals surface area (Å²) in [6.07, 6.45) is 8.31. The SMILES string of the molecule is COc1cc(C=O)ccc1OCCCc1cn(CCOCCOCCn2cc(CCCOc3ccc(C=O)cc3OC)nn2)nn1. The fourth-order valence-electron chi connectivity index (χ4n) is 4.39. The Kier molecular flexibility index (Phi) is 14.0. The van der Waals surface area contributed by atoms with Gasteiger partial charge in [0.15, 0.2) is 23.0 Å². The van der Waals surface area contributed by atoms with Crippen LogP contribution in [0.2, 0.25) is 0 Å². The van der Waals surface area contributed by atoms with Crippen LogP contribution in [0.1, 0.15) is 44.9 Å². The zero-order valence-electron chi connectivity index (χ0n) is 26.2. The third-order valence-corrected chi connectivity index (χ3v) is 6.79. The van der Waals surface area contributed by atoms with Crippen LogP contribution in [0.3, 0.4) is 0 Å². The first-order valence-corrected chi connectivity index (χ1v) is 15.1. The quantitative estimate of drug-likeness (QED) is 0.0868. The molecule has 4 aromatic rings. The number of benzene rings is 2. The molecule has 0 amide bonds. The van der Waals surface area contributed by atoms with E-state index in [4.69, 9.17) is 28.4 Å². The Bertz CT molecular complexity index is 1400. The van der Waals surface area contributed by atoms with Crippen molar-refractivity contribution < 1.29 is 38.0 Å². The van der Waals surface area contributed by atoms with Crippen LogP contribution in [0, 0.1) is 0 Å². The molecular weight excluding hydrogens is 596 g/mol. The maximum Gasteiger partial charge on any atom is 0.161 e. The number of rotatable bonds is 23. The lowest BCUT2D eigenvalue weighted by Gasteiger charge is -2.10. The molecule has 2 heterocycles. The highest BCUT2D eigenvalue weighted by Crippen LogP contribution is 2.28. The second-order valence-electron chi connectivity index (χ2n) is 10.1. The van der Waals surface area contributed by atoms with E-state index < -0.39 is 0 Å². The van der Waals surface area contributed by atoms with Crippen molar-refractivity contribution >= 4 is 12.6 Å². The molecular formula is C32H40N6O8. The van der Waals surface area contributed by atoms with Gasteiger partial charge in [0, 0.05) is 23.5 Å². The monoisotopic (exact) mass is 636 g/mol. The molecule has 2 aromatic heterocycles. The Balaban J connectivity index is 1.00. The van der Waals surface area contributed by atoms with Gasteiger partial charge >= 0.3 is 0 Å². The largest absolute Gasteiger partial charge is 0.493 e. The molecule has 46 heavy (non-hydrogen) atoms. The van der Waals surface area contributed by atoms with E-state index in [9.17, 15) is 9.59 Å². The van der Waals surface area contributed by atoms with E-state index in [0.717, 1.165) is 49.6 Å². The Morgan fingerprint density at radius 3 is 1.48 bits per heavy atom. The number of ether oxygens (including phenoxy) is 6. The van der Waals surface area contributed by atoms with Crippen molar-refractivity contribution in [3.8, 4) is 23.0 Å². The number of nitrogens with zero attached hydrogens (tertiary/aromatic N) is 6. The summed E-state index contributed by atoms with van der Waals surface area (Å²) in [5.41, 5.74) is 2.83. The van der Waals surface area contributed by atoms with Crippen LogP contribution in [0.25, 0.3) is 0 Å². The molecule has 0 aliphatic rings. The summed E-state index contributed by atoms with van der Waals surface area (Å²) in [7, 11) is 3.09. The van der Waals surface area contributed by atoms with Crippen molar-refractivity contribution in [2.75, 3.05) is 53.9 Å². The van der Waals surface area contributed by atoms with Crippen molar-refractivity contribution in [3.63, 3.8) is 0 Å². The van der Waals surface area contributed by atoms with Gasteiger partial charge in [0.2, 0.25) is 0 Å².